The molecule has 2 heterocycles. The van der Waals surface area contributed by atoms with Gasteiger partial charge in [0.15, 0.2) is 0 Å². The molecule has 0 bridgehead atoms. The van der Waals surface area contributed by atoms with Gasteiger partial charge in [-0.2, -0.15) is 5.26 Å². The fraction of sp³-hybridized carbons (Fsp3) is 0.214. The Labute approximate surface area is 110 Å². The van der Waals surface area contributed by atoms with Gasteiger partial charge in [-0.3, -0.25) is 9.78 Å². The second kappa shape index (κ2) is 5.46. The molecule has 0 radical (unpaired) electrons. The van der Waals surface area contributed by atoms with E-state index >= 15 is 0 Å². The van der Waals surface area contributed by atoms with E-state index in [2.05, 4.69) is 9.97 Å². The lowest BCUT2D eigenvalue weighted by Gasteiger charge is -2.10. The van der Waals surface area contributed by atoms with Crippen molar-refractivity contribution in [2.45, 2.75) is 19.4 Å². The molecule has 1 unspecified atom stereocenters. The number of rotatable bonds is 3. The Kier molecular flexibility index (Phi) is 3.74. The number of aliphatic hydroxyl groups is 1. The van der Waals surface area contributed by atoms with Gasteiger partial charge < -0.3 is 10.1 Å². The van der Waals surface area contributed by atoms with Gasteiger partial charge in [0.2, 0.25) is 0 Å². The Bertz CT molecular complexity index is 686. The predicted molar refractivity (Wildman–Crippen MR) is 69.4 cm³/mol. The van der Waals surface area contributed by atoms with Gasteiger partial charge in [0.1, 0.15) is 17.7 Å². The quantitative estimate of drug-likeness (QED) is 0.863. The van der Waals surface area contributed by atoms with Crippen molar-refractivity contribution in [3.63, 3.8) is 0 Å². The molecule has 5 heteroatoms. The van der Waals surface area contributed by atoms with Crippen LogP contribution in [0.3, 0.4) is 0 Å². The second-order valence-electron chi connectivity index (χ2n) is 4.26. The summed E-state index contributed by atoms with van der Waals surface area (Å²) in [5.41, 5.74) is 1.58. The number of hydrogen-bond acceptors (Lipinski definition) is 4. The lowest BCUT2D eigenvalue weighted by Crippen LogP contribution is -2.14. The Morgan fingerprint density at radius 1 is 1.42 bits per heavy atom. The lowest BCUT2D eigenvalue weighted by atomic mass is 10.1. The van der Waals surface area contributed by atoms with Crippen LogP contribution in [-0.2, 0) is 6.42 Å². The van der Waals surface area contributed by atoms with Crippen LogP contribution in [0.15, 0.2) is 35.1 Å². The summed E-state index contributed by atoms with van der Waals surface area (Å²) in [4.78, 5) is 18.3. The Balaban J connectivity index is 2.20. The van der Waals surface area contributed by atoms with Gasteiger partial charge in [-0.05, 0) is 31.2 Å². The van der Waals surface area contributed by atoms with E-state index in [-0.39, 0.29) is 12.0 Å². The number of H-pyrrole nitrogens is 1. The number of aromatic amines is 1. The van der Waals surface area contributed by atoms with E-state index in [0.29, 0.717) is 11.4 Å². The molecule has 2 rings (SSSR count). The van der Waals surface area contributed by atoms with Gasteiger partial charge in [-0.15, -0.1) is 0 Å². The van der Waals surface area contributed by atoms with E-state index < -0.39 is 11.7 Å². The zero-order valence-electron chi connectivity index (χ0n) is 10.4. The largest absolute Gasteiger partial charge is 0.386 e. The van der Waals surface area contributed by atoms with Crippen LogP contribution in [0.1, 0.15) is 28.7 Å². The van der Waals surface area contributed by atoms with Crippen molar-refractivity contribution in [3.05, 3.63) is 63.3 Å². The summed E-state index contributed by atoms with van der Waals surface area (Å²) < 4.78 is 0. The molecule has 96 valence electrons. The number of aliphatic hydroxyl groups excluding tert-OH is 1. The third-order valence-corrected chi connectivity index (χ3v) is 2.75. The first-order valence-electron chi connectivity index (χ1n) is 5.84. The van der Waals surface area contributed by atoms with Crippen molar-refractivity contribution >= 4 is 0 Å². The van der Waals surface area contributed by atoms with Gasteiger partial charge in [0, 0.05) is 17.8 Å². The SMILES string of the molecule is Cc1cccc(C(O)Cc2ccc(C#N)c(=O)[nH]2)n1. The summed E-state index contributed by atoms with van der Waals surface area (Å²) in [6.07, 6.45) is -0.541. The van der Waals surface area contributed by atoms with Crippen LogP contribution >= 0.6 is 0 Å². The summed E-state index contributed by atoms with van der Waals surface area (Å²) in [5.74, 6) is 0. The molecule has 0 aliphatic rings. The summed E-state index contributed by atoms with van der Waals surface area (Å²) in [7, 11) is 0. The summed E-state index contributed by atoms with van der Waals surface area (Å²) in [6, 6.07) is 10.3. The van der Waals surface area contributed by atoms with Gasteiger partial charge >= 0.3 is 0 Å². The van der Waals surface area contributed by atoms with Gasteiger partial charge in [-0.1, -0.05) is 6.07 Å². The zero-order valence-corrected chi connectivity index (χ0v) is 10.4. The first-order chi connectivity index (χ1) is 9.10. The van der Waals surface area contributed by atoms with Crippen molar-refractivity contribution in [2.75, 3.05) is 0 Å². The fourth-order valence-corrected chi connectivity index (χ4v) is 1.78. The molecule has 2 aromatic heterocycles. The summed E-state index contributed by atoms with van der Waals surface area (Å²) in [6.45, 7) is 1.85. The van der Waals surface area contributed by atoms with Crippen LogP contribution in [0.5, 0.6) is 0 Å². The van der Waals surface area contributed by atoms with Crippen LogP contribution in [0.2, 0.25) is 0 Å². The highest BCUT2D eigenvalue weighted by molar-refractivity contribution is 5.27. The Morgan fingerprint density at radius 3 is 2.84 bits per heavy atom. The van der Waals surface area contributed by atoms with E-state index in [1.807, 2.05) is 19.1 Å². The number of nitrogens with one attached hydrogen (secondary N) is 1. The number of hydrogen-bond donors (Lipinski definition) is 2. The lowest BCUT2D eigenvalue weighted by molar-refractivity contribution is 0.172. The molecule has 0 saturated heterocycles. The van der Waals surface area contributed by atoms with Crippen LogP contribution in [-0.4, -0.2) is 15.1 Å². The standard InChI is InChI=1S/C14H13N3O2/c1-9-3-2-4-12(16-9)13(18)7-11-6-5-10(8-15)14(19)17-11/h2-6,13,18H,7H2,1H3,(H,17,19). The topological polar surface area (TPSA) is 89.8 Å². The van der Waals surface area contributed by atoms with Crippen LogP contribution in [0.25, 0.3) is 0 Å². The average Bonchev–Trinajstić information content (AvgIpc) is 2.39. The maximum atomic E-state index is 11.5. The first kappa shape index (κ1) is 13.0. The van der Waals surface area contributed by atoms with Gasteiger partial charge in [-0.25, -0.2) is 0 Å². The summed E-state index contributed by atoms with van der Waals surface area (Å²) >= 11 is 0. The van der Waals surface area contributed by atoms with Crippen molar-refractivity contribution < 1.29 is 5.11 Å². The molecule has 0 aliphatic carbocycles. The Morgan fingerprint density at radius 2 is 2.21 bits per heavy atom. The smallest absolute Gasteiger partial charge is 0.266 e. The third kappa shape index (κ3) is 3.06. The van der Waals surface area contributed by atoms with E-state index in [1.54, 1.807) is 18.2 Å². The Hall–Kier alpha value is -2.45. The monoisotopic (exact) mass is 255 g/mol. The molecule has 5 nitrogen and oxygen atoms in total. The number of nitriles is 1. The number of aryl methyl sites for hydroxylation is 1. The molecule has 0 saturated carbocycles. The van der Waals surface area contributed by atoms with E-state index in [0.717, 1.165) is 5.69 Å². The highest BCUT2D eigenvalue weighted by Gasteiger charge is 2.11. The molecule has 0 aliphatic heterocycles. The molecule has 0 aromatic carbocycles. The van der Waals surface area contributed by atoms with E-state index in [4.69, 9.17) is 5.26 Å². The van der Waals surface area contributed by atoms with Gasteiger partial charge in [0.25, 0.3) is 5.56 Å². The molecular weight excluding hydrogens is 242 g/mol. The average molecular weight is 255 g/mol. The van der Waals surface area contributed by atoms with E-state index in [9.17, 15) is 9.90 Å². The van der Waals surface area contributed by atoms with Crippen LogP contribution < -0.4 is 5.56 Å². The predicted octanol–water partition coefficient (Wildman–Crippen LogP) is 1.23. The van der Waals surface area contributed by atoms with Crippen molar-refractivity contribution in [1.82, 2.24) is 9.97 Å². The highest BCUT2D eigenvalue weighted by Crippen LogP contribution is 2.15. The zero-order chi connectivity index (χ0) is 13.8. The normalized spacial score (nSPS) is 11.8. The van der Waals surface area contributed by atoms with Crippen molar-refractivity contribution in [2.24, 2.45) is 0 Å². The number of pyridine rings is 2. The summed E-state index contributed by atoms with van der Waals surface area (Å²) in [5, 5.41) is 18.7. The second-order valence-corrected chi connectivity index (χ2v) is 4.26. The van der Waals surface area contributed by atoms with Crippen molar-refractivity contribution in [3.8, 4) is 6.07 Å². The highest BCUT2D eigenvalue weighted by atomic mass is 16.3. The van der Waals surface area contributed by atoms with Crippen molar-refractivity contribution in [1.29, 1.82) is 5.26 Å². The van der Waals surface area contributed by atoms with E-state index in [1.165, 1.54) is 6.07 Å². The minimum absolute atomic E-state index is 0.0620. The van der Waals surface area contributed by atoms with Gasteiger partial charge in [0.05, 0.1) is 5.69 Å². The molecule has 19 heavy (non-hydrogen) atoms. The maximum Gasteiger partial charge on any atom is 0.266 e. The molecule has 0 amide bonds. The minimum atomic E-state index is -0.788. The fourth-order valence-electron chi connectivity index (χ4n) is 1.78. The molecule has 1 atom stereocenters. The molecular formula is C14H13N3O2. The third-order valence-electron chi connectivity index (χ3n) is 2.75. The number of aromatic nitrogens is 2. The molecule has 0 spiro atoms. The molecule has 2 aromatic rings. The minimum Gasteiger partial charge on any atom is -0.386 e. The maximum absolute atomic E-state index is 11.5. The van der Waals surface area contributed by atoms with Crippen LogP contribution in [0.4, 0.5) is 0 Å². The first-order valence-corrected chi connectivity index (χ1v) is 5.84. The van der Waals surface area contributed by atoms with Crippen LogP contribution in [0, 0.1) is 18.3 Å². The molecule has 0 fully saturated rings. The number of nitrogens with zero attached hydrogens (tertiary/aromatic N) is 2. The molecule has 2 N–H and O–H groups in total.